The highest BCUT2D eigenvalue weighted by molar-refractivity contribution is 5.91. The van der Waals surface area contributed by atoms with E-state index in [1.54, 1.807) is 0 Å². The van der Waals surface area contributed by atoms with Crippen LogP contribution in [0.3, 0.4) is 0 Å². The summed E-state index contributed by atoms with van der Waals surface area (Å²) < 4.78 is 0. The summed E-state index contributed by atoms with van der Waals surface area (Å²) in [5.41, 5.74) is 4.30. The topological polar surface area (TPSA) is 150 Å². The second-order valence-corrected chi connectivity index (χ2v) is 3.63. The lowest BCUT2D eigenvalue weighted by Gasteiger charge is -2.08. The SMILES string of the molecule is CC(C(=O)O)=C(C=C(CCCO)C(=O)O)NC(N)=O. The quantitative estimate of drug-likeness (QED) is 0.320. The summed E-state index contributed by atoms with van der Waals surface area (Å²) in [6.07, 6.45) is 1.25. The summed E-state index contributed by atoms with van der Waals surface area (Å²) in [6, 6.07) is -1.00. The largest absolute Gasteiger partial charge is 0.478 e. The van der Waals surface area contributed by atoms with Gasteiger partial charge in [-0.25, -0.2) is 14.4 Å². The van der Waals surface area contributed by atoms with E-state index in [9.17, 15) is 14.4 Å². The third-order valence-electron chi connectivity index (χ3n) is 2.18. The van der Waals surface area contributed by atoms with Crippen LogP contribution in [0.1, 0.15) is 19.8 Å². The molecule has 0 saturated heterocycles. The van der Waals surface area contributed by atoms with E-state index in [1.807, 2.05) is 0 Å². The Labute approximate surface area is 109 Å². The van der Waals surface area contributed by atoms with Crippen molar-refractivity contribution in [1.29, 1.82) is 0 Å². The minimum atomic E-state index is -1.31. The van der Waals surface area contributed by atoms with Gasteiger partial charge in [-0.05, 0) is 25.8 Å². The minimum Gasteiger partial charge on any atom is -0.478 e. The molecular formula is C11H16N2O6. The molecule has 0 fully saturated rings. The number of carboxylic acids is 2. The van der Waals surface area contributed by atoms with Crippen LogP contribution in [-0.2, 0) is 9.59 Å². The highest BCUT2D eigenvalue weighted by atomic mass is 16.4. The Balaban J connectivity index is 5.46. The van der Waals surface area contributed by atoms with Crippen molar-refractivity contribution in [2.45, 2.75) is 19.8 Å². The fourth-order valence-electron chi connectivity index (χ4n) is 1.17. The van der Waals surface area contributed by atoms with Crippen molar-refractivity contribution in [2.24, 2.45) is 5.73 Å². The van der Waals surface area contributed by atoms with Gasteiger partial charge >= 0.3 is 18.0 Å². The molecule has 0 aliphatic carbocycles. The number of aliphatic hydroxyl groups is 1. The number of aliphatic carboxylic acids is 2. The van der Waals surface area contributed by atoms with Gasteiger partial charge in [0.1, 0.15) is 0 Å². The molecule has 0 atom stereocenters. The van der Waals surface area contributed by atoms with Crippen molar-refractivity contribution in [1.82, 2.24) is 5.32 Å². The minimum absolute atomic E-state index is 0.0304. The number of hydrogen-bond acceptors (Lipinski definition) is 4. The van der Waals surface area contributed by atoms with E-state index < -0.39 is 18.0 Å². The molecule has 0 aliphatic heterocycles. The van der Waals surface area contributed by atoms with E-state index in [-0.39, 0.29) is 36.3 Å². The lowest BCUT2D eigenvalue weighted by molar-refractivity contribution is -0.133. The number of allylic oxidation sites excluding steroid dienone is 1. The molecule has 106 valence electrons. The first kappa shape index (κ1) is 16.6. The standard InChI is InChI=1S/C11H16N2O6/c1-6(9(15)16)8(13-11(12)19)5-7(10(17)18)3-2-4-14/h5,14H,2-4H2,1H3,(H,15,16)(H,17,18)(H3,12,13,19). The van der Waals surface area contributed by atoms with Gasteiger partial charge in [-0.2, -0.15) is 0 Å². The Kier molecular flexibility index (Phi) is 6.90. The number of nitrogens with one attached hydrogen (secondary N) is 1. The third-order valence-corrected chi connectivity index (χ3v) is 2.18. The Morgan fingerprint density at radius 2 is 1.79 bits per heavy atom. The lowest BCUT2D eigenvalue weighted by atomic mass is 10.1. The molecule has 0 aromatic carbocycles. The second-order valence-electron chi connectivity index (χ2n) is 3.63. The molecule has 2 amide bonds. The zero-order chi connectivity index (χ0) is 15.0. The number of carboxylic acid groups (broad SMARTS) is 2. The van der Waals surface area contributed by atoms with Crippen LogP contribution < -0.4 is 11.1 Å². The van der Waals surface area contributed by atoms with Gasteiger partial charge < -0.3 is 26.4 Å². The molecule has 8 nitrogen and oxygen atoms in total. The average Bonchev–Trinajstić information content (AvgIpc) is 2.30. The van der Waals surface area contributed by atoms with Gasteiger partial charge in [0.15, 0.2) is 0 Å². The van der Waals surface area contributed by atoms with Crippen LogP contribution in [-0.4, -0.2) is 39.9 Å². The van der Waals surface area contributed by atoms with Crippen LogP contribution >= 0.6 is 0 Å². The maximum atomic E-state index is 11.0. The van der Waals surface area contributed by atoms with Gasteiger partial charge in [0.05, 0.1) is 11.3 Å². The van der Waals surface area contributed by atoms with E-state index in [2.05, 4.69) is 5.32 Å². The molecule has 8 heteroatoms. The normalized spacial score (nSPS) is 12.6. The Bertz CT molecular complexity index is 438. The number of aliphatic hydroxyl groups excluding tert-OH is 1. The van der Waals surface area contributed by atoms with Crippen LogP contribution in [0.5, 0.6) is 0 Å². The van der Waals surface area contributed by atoms with Crippen LogP contribution in [0, 0.1) is 0 Å². The second kappa shape index (κ2) is 7.88. The first-order chi connectivity index (χ1) is 8.79. The highest BCUT2D eigenvalue weighted by Crippen LogP contribution is 2.11. The molecule has 0 heterocycles. The molecule has 0 aromatic rings. The number of nitrogens with two attached hydrogens (primary N) is 1. The van der Waals surface area contributed by atoms with Crippen molar-refractivity contribution in [2.75, 3.05) is 6.61 Å². The van der Waals surface area contributed by atoms with Crippen molar-refractivity contribution in [3.8, 4) is 0 Å². The molecule has 19 heavy (non-hydrogen) atoms. The van der Waals surface area contributed by atoms with Gasteiger partial charge in [0.2, 0.25) is 0 Å². The van der Waals surface area contributed by atoms with Gasteiger partial charge in [-0.3, -0.25) is 0 Å². The molecule has 0 unspecified atom stereocenters. The number of hydrogen-bond donors (Lipinski definition) is 5. The molecule has 0 aromatic heterocycles. The van der Waals surface area contributed by atoms with Crippen LogP contribution in [0.4, 0.5) is 4.79 Å². The first-order valence-electron chi connectivity index (χ1n) is 5.35. The molecule has 6 N–H and O–H groups in total. The lowest BCUT2D eigenvalue weighted by Crippen LogP contribution is -2.30. The predicted molar refractivity (Wildman–Crippen MR) is 65.1 cm³/mol. The van der Waals surface area contributed by atoms with Gasteiger partial charge in [0, 0.05) is 12.2 Å². The molecule has 0 rings (SSSR count). The summed E-state index contributed by atoms with van der Waals surface area (Å²) >= 11 is 0. The van der Waals surface area contributed by atoms with E-state index in [0.717, 1.165) is 6.08 Å². The molecular weight excluding hydrogens is 256 g/mol. The summed E-state index contributed by atoms with van der Waals surface area (Å²) in [4.78, 5) is 32.5. The third kappa shape index (κ3) is 6.22. The molecule has 0 radical (unpaired) electrons. The van der Waals surface area contributed by atoms with Crippen molar-refractivity contribution in [3.05, 3.63) is 22.9 Å². The van der Waals surface area contributed by atoms with Crippen LogP contribution in [0.25, 0.3) is 0 Å². The fourth-order valence-corrected chi connectivity index (χ4v) is 1.17. The maximum Gasteiger partial charge on any atom is 0.333 e. The number of urea groups is 1. The smallest absolute Gasteiger partial charge is 0.333 e. The Hall–Kier alpha value is -2.35. The van der Waals surface area contributed by atoms with E-state index in [0.29, 0.717) is 0 Å². The summed E-state index contributed by atoms with van der Waals surface area (Å²) in [5, 5.41) is 28.5. The average molecular weight is 272 g/mol. The number of carbonyl (C=O) groups excluding carboxylic acids is 1. The van der Waals surface area contributed by atoms with E-state index in [4.69, 9.17) is 21.1 Å². The van der Waals surface area contributed by atoms with Crippen LogP contribution in [0.15, 0.2) is 22.9 Å². The highest BCUT2D eigenvalue weighted by Gasteiger charge is 2.13. The predicted octanol–water partition coefficient (Wildman–Crippen LogP) is -0.203. The Morgan fingerprint density at radius 3 is 2.16 bits per heavy atom. The first-order valence-corrected chi connectivity index (χ1v) is 5.35. The maximum absolute atomic E-state index is 11.0. The van der Waals surface area contributed by atoms with Crippen LogP contribution in [0.2, 0.25) is 0 Å². The van der Waals surface area contributed by atoms with Gasteiger partial charge in [0.25, 0.3) is 0 Å². The zero-order valence-corrected chi connectivity index (χ0v) is 10.3. The van der Waals surface area contributed by atoms with Crippen molar-refractivity contribution >= 4 is 18.0 Å². The van der Waals surface area contributed by atoms with E-state index in [1.165, 1.54) is 6.92 Å². The number of primary amides is 1. The van der Waals surface area contributed by atoms with Crippen molar-refractivity contribution in [3.63, 3.8) is 0 Å². The van der Waals surface area contributed by atoms with Crippen molar-refractivity contribution < 1.29 is 29.7 Å². The number of amides is 2. The summed E-state index contributed by atoms with van der Waals surface area (Å²) in [7, 11) is 0. The van der Waals surface area contributed by atoms with Gasteiger partial charge in [-0.15, -0.1) is 0 Å². The van der Waals surface area contributed by atoms with E-state index >= 15 is 0 Å². The molecule has 0 aliphatic rings. The summed E-state index contributed by atoms with van der Waals surface area (Å²) in [5.74, 6) is -2.58. The molecule has 0 saturated carbocycles. The Morgan fingerprint density at radius 1 is 1.21 bits per heavy atom. The number of carbonyl (C=O) groups is 3. The molecule has 0 bridgehead atoms. The monoisotopic (exact) mass is 272 g/mol. The number of rotatable bonds is 7. The fraction of sp³-hybridized carbons (Fsp3) is 0.364. The van der Waals surface area contributed by atoms with Gasteiger partial charge in [-0.1, -0.05) is 0 Å². The zero-order valence-electron chi connectivity index (χ0n) is 10.3. The summed E-state index contributed by atoms with van der Waals surface area (Å²) in [6.45, 7) is 1.00. The molecule has 0 spiro atoms.